The minimum atomic E-state index is -1.62. The second-order valence-electron chi connectivity index (χ2n) is 8.03. The Hall–Kier alpha value is -2.71. The molecule has 1 saturated heterocycles. The lowest BCUT2D eigenvalue weighted by molar-refractivity contribution is -0.134. The molecule has 0 saturated carbocycles. The van der Waals surface area contributed by atoms with E-state index >= 15 is 0 Å². The van der Waals surface area contributed by atoms with Gasteiger partial charge in [-0.1, -0.05) is 48.7 Å². The molecule has 0 aliphatic carbocycles. The van der Waals surface area contributed by atoms with Crippen molar-refractivity contribution < 1.29 is 23.2 Å². The highest BCUT2D eigenvalue weighted by Gasteiger charge is 2.49. The predicted molar refractivity (Wildman–Crippen MR) is 121 cm³/mol. The van der Waals surface area contributed by atoms with Crippen molar-refractivity contribution in [2.75, 3.05) is 13.1 Å². The van der Waals surface area contributed by atoms with E-state index in [1.165, 1.54) is 13.0 Å². The van der Waals surface area contributed by atoms with Crippen molar-refractivity contribution >= 4 is 41.0 Å². The van der Waals surface area contributed by atoms with Crippen LogP contribution in [0.15, 0.2) is 36.4 Å². The SMILES string of the molecule is CCCC(CNC(=O)CN1C(=O)NC(C)(c2ccc(F)c(F)c2)C1=O)c1ccc(Cl)cc1Cl. The van der Waals surface area contributed by atoms with Gasteiger partial charge in [-0.15, -0.1) is 0 Å². The van der Waals surface area contributed by atoms with E-state index in [0.717, 1.165) is 35.4 Å². The maximum atomic E-state index is 13.7. The Morgan fingerprint density at radius 2 is 1.88 bits per heavy atom. The van der Waals surface area contributed by atoms with Crippen LogP contribution >= 0.6 is 23.2 Å². The topological polar surface area (TPSA) is 78.5 Å². The molecule has 1 fully saturated rings. The number of nitrogens with one attached hydrogen (secondary N) is 2. The number of imide groups is 1. The maximum absolute atomic E-state index is 13.7. The molecule has 0 radical (unpaired) electrons. The summed E-state index contributed by atoms with van der Waals surface area (Å²) in [6, 6.07) is 7.30. The van der Waals surface area contributed by atoms with E-state index in [1.54, 1.807) is 12.1 Å². The van der Waals surface area contributed by atoms with Gasteiger partial charge in [-0.25, -0.2) is 13.6 Å². The highest BCUT2D eigenvalue weighted by molar-refractivity contribution is 6.35. The molecule has 2 unspecified atom stereocenters. The molecule has 1 heterocycles. The van der Waals surface area contributed by atoms with Gasteiger partial charge in [0.2, 0.25) is 5.91 Å². The zero-order valence-corrected chi connectivity index (χ0v) is 19.6. The Morgan fingerprint density at radius 3 is 2.52 bits per heavy atom. The van der Waals surface area contributed by atoms with Gasteiger partial charge >= 0.3 is 6.03 Å². The standard InChI is InChI=1S/C23H23Cl2F2N3O3/c1-3-4-13(16-7-6-15(24)10-17(16)25)11-28-20(31)12-30-21(32)23(2,29-22(30)33)14-5-8-18(26)19(27)9-14/h5-10,13H,3-4,11-12H2,1-2H3,(H,28,31)(H,29,33). The summed E-state index contributed by atoms with van der Waals surface area (Å²) < 4.78 is 26.9. The van der Waals surface area contributed by atoms with Gasteiger partial charge in [0.1, 0.15) is 12.1 Å². The first-order chi connectivity index (χ1) is 15.6. The van der Waals surface area contributed by atoms with Crippen molar-refractivity contribution in [3.05, 3.63) is 69.2 Å². The predicted octanol–water partition coefficient (Wildman–Crippen LogP) is 4.74. The summed E-state index contributed by atoms with van der Waals surface area (Å²) in [5.74, 6) is -3.58. The third-order valence-electron chi connectivity index (χ3n) is 5.66. The van der Waals surface area contributed by atoms with Crippen LogP contribution in [0.2, 0.25) is 10.0 Å². The summed E-state index contributed by atoms with van der Waals surface area (Å²) in [6.45, 7) is 3.11. The van der Waals surface area contributed by atoms with Gasteiger partial charge in [0.15, 0.2) is 11.6 Å². The van der Waals surface area contributed by atoms with Crippen molar-refractivity contribution in [3.63, 3.8) is 0 Å². The van der Waals surface area contributed by atoms with Gasteiger partial charge in [-0.3, -0.25) is 14.5 Å². The summed E-state index contributed by atoms with van der Waals surface area (Å²) >= 11 is 12.3. The number of hydrogen-bond acceptors (Lipinski definition) is 3. The van der Waals surface area contributed by atoms with Gasteiger partial charge in [-0.05, 0) is 48.7 Å². The van der Waals surface area contributed by atoms with Crippen LogP contribution < -0.4 is 10.6 Å². The molecule has 0 bridgehead atoms. The molecule has 2 aromatic carbocycles. The summed E-state index contributed by atoms with van der Waals surface area (Å²) in [7, 11) is 0. The van der Waals surface area contributed by atoms with Crippen LogP contribution in [-0.2, 0) is 15.1 Å². The van der Waals surface area contributed by atoms with E-state index in [1.807, 2.05) is 13.0 Å². The lowest BCUT2D eigenvalue weighted by Crippen LogP contribution is -2.43. The highest BCUT2D eigenvalue weighted by Crippen LogP contribution is 2.31. The fraction of sp³-hybridized carbons (Fsp3) is 0.348. The average Bonchev–Trinajstić information content (AvgIpc) is 2.97. The molecule has 1 aliphatic rings. The van der Waals surface area contributed by atoms with Gasteiger partial charge in [0, 0.05) is 22.5 Å². The second kappa shape index (κ2) is 10.1. The molecule has 2 aromatic rings. The normalized spacial score (nSPS) is 18.9. The van der Waals surface area contributed by atoms with E-state index in [0.29, 0.717) is 10.0 Å². The average molecular weight is 498 g/mol. The van der Waals surface area contributed by atoms with E-state index in [-0.39, 0.29) is 18.0 Å². The Bertz CT molecular complexity index is 1100. The molecule has 33 heavy (non-hydrogen) atoms. The van der Waals surface area contributed by atoms with E-state index in [4.69, 9.17) is 23.2 Å². The molecule has 2 atom stereocenters. The minimum Gasteiger partial charge on any atom is -0.354 e. The van der Waals surface area contributed by atoms with Gasteiger partial charge in [0.25, 0.3) is 5.91 Å². The van der Waals surface area contributed by atoms with Crippen molar-refractivity contribution in [1.82, 2.24) is 15.5 Å². The number of carbonyl (C=O) groups excluding carboxylic acids is 3. The van der Waals surface area contributed by atoms with Crippen LogP contribution in [-0.4, -0.2) is 35.8 Å². The lowest BCUT2D eigenvalue weighted by atomic mass is 9.92. The Labute approximate surface area is 200 Å². The smallest absolute Gasteiger partial charge is 0.325 e. The van der Waals surface area contributed by atoms with Crippen LogP contribution in [0.3, 0.4) is 0 Å². The van der Waals surface area contributed by atoms with Crippen LogP contribution in [0.5, 0.6) is 0 Å². The highest BCUT2D eigenvalue weighted by atomic mass is 35.5. The Balaban J connectivity index is 1.68. The number of halogens is 4. The Kier molecular flexibility index (Phi) is 7.59. The first-order valence-corrected chi connectivity index (χ1v) is 11.1. The maximum Gasteiger partial charge on any atom is 0.325 e. The second-order valence-corrected chi connectivity index (χ2v) is 8.87. The van der Waals surface area contributed by atoms with Crippen LogP contribution in [0, 0.1) is 11.6 Å². The molecule has 0 spiro atoms. The minimum absolute atomic E-state index is 0.0723. The van der Waals surface area contributed by atoms with Crippen LogP contribution in [0.25, 0.3) is 0 Å². The van der Waals surface area contributed by atoms with E-state index in [2.05, 4.69) is 10.6 Å². The quantitative estimate of drug-likeness (QED) is 0.517. The summed E-state index contributed by atoms with van der Waals surface area (Å²) in [5.41, 5.74) is -0.708. The molecule has 0 aromatic heterocycles. The number of urea groups is 1. The van der Waals surface area contributed by atoms with Crippen LogP contribution in [0.1, 0.15) is 43.7 Å². The van der Waals surface area contributed by atoms with Crippen molar-refractivity contribution in [2.45, 2.75) is 38.1 Å². The van der Waals surface area contributed by atoms with Crippen molar-refractivity contribution in [2.24, 2.45) is 0 Å². The first-order valence-electron chi connectivity index (χ1n) is 10.4. The monoisotopic (exact) mass is 497 g/mol. The van der Waals surface area contributed by atoms with E-state index < -0.39 is 41.6 Å². The van der Waals surface area contributed by atoms with Gasteiger partial charge < -0.3 is 10.6 Å². The zero-order valence-electron chi connectivity index (χ0n) is 18.1. The van der Waals surface area contributed by atoms with Crippen LogP contribution in [0.4, 0.5) is 13.6 Å². The summed E-state index contributed by atoms with van der Waals surface area (Å²) in [4.78, 5) is 38.7. The summed E-state index contributed by atoms with van der Waals surface area (Å²) in [6.07, 6.45) is 1.60. The third kappa shape index (κ3) is 5.28. The molecular formula is C23H23Cl2F2N3O3. The first kappa shape index (κ1) is 24.9. The number of nitrogens with zero attached hydrogens (tertiary/aromatic N) is 1. The largest absolute Gasteiger partial charge is 0.354 e. The van der Waals surface area contributed by atoms with Crippen molar-refractivity contribution in [3.8, 4) is 0 Å². The third-order valence-corrected chi connectivity index (χ3v) is 6.22. The molecule has 4 amide bonds. The van der Waals surface area contributed by atoms with Crippen molar-refractivity contribution in [1.29, 1.82) is 0 Å². The molecular weight excluding hydrogens is 475 g/mol. The molecule has 3 rings (SSSR count). The molecule has 10 heteroatoms. The number of rotatable bonds is 8. The molecule has 176 valence electrons. The van der Waals surface area contributed by atoms with E-state index in [9.17, 15) is 23.2 Å². The molecule has 2 N–H and O–H groups in total. The molecule has 1 aliphatic heterocycles. The summed E-state index contributed by atoms with van der Waals surface area (Å²) in [5, 5.41) is 6.20. The fourth-order valence-corrected chi connectivity index (χ4v) is 4.39. The zero-order chi connectivity index (χ0) is 24.3. The van der Waals surface area contributed by atoms with Gasteiger partial charge in [-0.2, -0.15) is 0 Å². The fourth-order valence-electron chi connectivity index (χ4n) is 3.83. The molecule has 6 nitrogen and oxygen atoms in total. The number of benzene rings is 2. The number of hydrogen-bond donors (Lipinski definition) is 2. The number of amides is 4. The Morgan fingerprint density at radius 1 is 1.15 bits per heavy atom. The lowest BCUT2D eigenvalue weighted by Gasteiger charge is -2.22. The van der Waals surface area contributed by atoms with Gasteiger partial charge in [0.05, 0.1) is 0 Å². The number of carbonyl (C=O) groups is 3.